The van der Waals surface area contributed by atoms with Crippen molar-refractivity contribution >= 4 is 11.1 Å². The van der Waals surface area contributed by atoms with Crippen LogP contribution in [-0.2, 0) is 0 Å². The van der Waals surface area contributed by atoms with Gasteiger partial charge >= 0.3 is 0 Å². The molecule has 0 amide bonds. The maximum Gasteiger partial charge on any atom is 0.179 e. The quantitative estimate of drug-likeness (QED) is 0.725. The van der Waals surface area contributed by atoms with Gasteiger partial charge < -0.3 is 4.74 Å². The number of hydrogen-bond donors (Lipinski definition) is 0. The lowest BCUT2D eigenvalue weighted by atomic mass is 9.73. The normalized spacial score (nSPS) is 18.5. The number of allylic oxidation sites excluding steroid dienone is 8. The van der Waals surface area contributed by atoms with E-state index in [1.165, 1.54) is 0 Å². The zero-order chi connectivity index (χ0) is 21.1. The van der Waals surface area contributed by atoms with E-state index in [1.807, 2.05) is 66.8 Å². The molecule has 0 saturated carbocycles. The number of hydrogen-bond acceptors (Lipinski definition) is 4. The highest BCUT2D eigenvalue weighted by Gasteiger charge is 2.48. The number of rotatable bonds is 3. The minimum Gasteiger partial charge on any atom is -0.497 e. The molecular weight excluding hydrogens is 370 g/mol. The Labute approximate surface area is 175 Å². The van der Waals surface area contributed by atoms with Gasteiger partial charge in [0, 0.05) is 5.92 Å². The predicted molar refractivity (Wildman–Crippen MR) is 114 cm³/mol. The highest BCUT2D eigenvalue weighted by atomic mass is 16.5. The first-order chi connectivity index (χ1) is 14.6. The van der Waals surface area contributed by atoms with Gasteiger partial charge in [0.25, 0.3) is 0 Å². The average molecular weight is 387 g/mol. The van der Waals surface area contributed by atoms with Crippen molar-refractivity contribution in [2.24, 2.45) is 11.3 Å². The lowest BCUT2D eigenvalue weighted by Crippen LogP contribution is -2.24. The molecule has 2 aliphatic rings. The van der Waals surface area contributed by atoms with Crippen molar-refractivity contribution in [2.45, 2.75) is 0 Å². The largest absolute Gasteiger partial charge is 0.497 e. The molecule has 0 fully saturated rings. The first-order valence-electron chi connectivity index (χ1n) is 9.45. The zero-order valence-corrected chi connectivity index (χ0v) is 16.3. The van der Waals surface area contributed by atoms with Crippen LogP contribution in [0.5, 0.6) is 5.75 Å². The monoisotopic (exact) mass is 387 g/mol. The van der Waals surface area contributed by atoms with Crippen molar-refractivity contribution in [3.63, 3.8) is 0 Å². The van der Waals surface area contributed by atoms with Crippen LogP contribution in [0.4, 0.5) is 0 Å². The highest BCUT2D eigenvalue weighted by molar-refractivity contribution is 5.85. The Balaban J connectivity index is 1.78. The minimum absolute atomic E-state index is 0.364. The molecule has 0 heterocycles. The van der Waals surface area contributed by atoms with Crippen LogP contribution in [0.3, 0.4) is 0 Å². The molecule has 0 aromatic heterocycles. The second kappa shape index (κ2) is 7.59. The number of benzene rings is 2. The third-order valence-corrected chi connectivity index (χ3v) is 5.59. The Morgan fingerprint density at radius 3 is 2.13 bits per heavy atom. The van der Waals surface area contributed by atoms with Crippen LogP contribution in [-0.4, -0.2) is 7.11 Å². The molecule has 0 spiro atoms. The van der Waals surface area contributed by atoms with Crippen LogP contribution in [0.2, 0.25) is 0 Å². The van der Waals surface area contributed by atoms with Gasteiger partial charge in [-0.15, -0.1) is 0 Å². The van der Waals surface area contributed by atoms with Crippen molar-refractivity contribution in [3.05, 3.63) is 101 Å². The van der Waals surface area contributed by atoms with E-state index < -0.39 is 5.41 Å². The highest BCUT2D eigenvalue weighted by Crippen LogP contribution is 2.52. The molecule has 0 aliphatic heterocycles. The van der Waals surface area contributed by atoms with Crippen molar-refractivity contribution in [2.75, 3.05) is 7.11 Å². The van der Waals surface area contributed by atoms with E-state index >= 15 is 0 Å². The van der Waals surface area contributed by atoms with Crippen LogP contribution in [0.15, 0.2) is 84.5 Å². The molecule has 0 bridgehead atoms. The lowest BCUT2D eigenvalue weighted by molar-refractivity contribution is 0.414. The topological polar surface area (TPSA) is 80.6 Å². The third kappa shape index (κ3) is 3.00. The van der Waals surface area contributed by atoms with E-state index in [0.29, 0.717) is 11.1 Å². The Kier molecular flexibility index (Phi) is 4.81. The van der Waals surface area contributed by atoms with Crippen molar-refractivity contribution in [3.8, 4) is 24.0 Å². The second-order valence-electron chi connectivity index (χ2n) is 7.13. The minimum atomic E-state index is -1.30. The molecule has 2 aliphatic carbocycles. The Morgan fingerprint density at radius 2 is 1.53 bits per heavy atom. The Morgan fingerprint density at radius 1 is 0.867 bits per heavy atom. The van der Waals surface area contributed by atoms with Crippen LogP contribution in [0.25, 0.3) is 11.1 Å². The fourth-order valence-electron chi connectivity index (χ4n) is 3.93. The van der Waals surface area contributed by atoms with Gasteiger partial charge in [0.2, 0.25) is 0 Å². The van der Waals surface area contributed by atoms with Gasteiger partial charge in [-0.1, -0.05) is 54.6 Å². The summed E-state index contributed by atoms with van der Waals surface area (Å²) in [6.45, 7) is 0. The molecule has 1 unspecified atom stereocenters. The van der Waals surface area contributed by atoms with E-state index in [0.717, 1.165) is 28.0 Å². The van der Waals surface area contributed by atoms with Crippen LogP contribution < -0.4 is 4.74 Å². The fraction of sp³-hybridized carbons (Fsp3) is 0.115. The Bertz CT molecular complexity index is 1220. The van der Waals surface area contributed by atoms with Crippen molar-refractivity contribution in [1.82, 2.24) is 0 Å². The summed E-state index contributed by atoms with van der Waals surface area (Å²) in [6.07, 6.45) is 9.78. The summed E-state index contributed by atoms with van der Waals surface area (Å²) in [5.41, 5.74) is 3.69. The molecule has 4 heteroatoms. The SMILES string of the molecule is COc1ccc(C2=CC3=CC=C(c4ccc(C#N)cc4)C=CC3C2(C#N)C#N)cc1. The van der Waals surface area contributed by atoms with E-state index in [-0.39, 0.29) is 5.92 Å². The Hall–Kier alpha value is -4.33. The summed E-state index contributed by atoms with van der Waals surface area (Å²) in [4.78, 5) is 0. The summed E-state index contributed by atoms with van der Waals surface area (Å²) in [5.74, 6) is 0.358. The van der Waals surface area contributed by atoms with Gasteiger partial charge in [-0.3, -0.25) is 0 Å². The molecule has 0 radical (unpaired) electrons. The first-order valence-corrected chi connectivity index (χ1v) is 9.45. The molecule has 4 rings (SSSR count). The van der Waals surface area contributed by atoms with Gasteiger partial charge in [-0.2, -0.15) is 15.8 Å². The van der Waals surface area contributed by atoms with Crippen molar-refractivity contribution < 1.29 is 4.74 Å². The second-order valence-corrected chi connectivity index (χ2v) is 7.13. The molecule has 0 N–H and O–H groups in total. The molecule has 2 aromatic carbocycles. The predicted octanol–water partition coefficient (Wildman–Crippen LogP) is 5.19. The number of nitriles is 3. The average Bonchev–Trinajstić information content (AvgIpc) is 2.97. The zero-order valence-electron chi connectivity index (χ0n) is 16.3. The van der Waals surface area contributed by atoms with Crippen LogP contribution in [0, 0.1) is 45.3 Å². The third-order valence-electron chi connectivity index (χ3n) is 5.59. The van der Waals surface area contributed by atoms with E-state index in [1.54, 1.807) is 19.2 Å². The maximum absolute atomic E-state index is 10.1. The number of nitrogens with zero attached hydrogens (tertiary/aromatic N) is 3. The fourth-order valence-corrected chi connectivity index (χ4v) is 3.93. The summed E-state index contributed by atoms with van der Waals surface area (Å²) >= 11 is 0. The molecule has 4 nitrogen and oxygen atoms in total. The van der Waals surface area contributed by atoms with E-state index in [4.69, 9.17) is 10.00 Å². The number of fused-ring (bicyclic) bond motifs is 1. The van der Waals surface area contributed by atoms with Gasteiger partial charge in [-0.25, -0.2) is 0 Å². The molecule has 1 atom stereocenters. The smallest absolute Gasteiger partial charge is 0.179 e. The van der Waals surface area contributed by atoms with E-state index in [2.05, 4.69) is 18.2 Å². The summed E-state index contributed by atoms with van der Waals surface area (Å²) < 4.78 is 5.22. The van der Waals surface area contributed by atoms with E-state index in [9.17, 15) is 10.5 Å². The lowest BCUT2D eigenvalue weighted by Gasteiger charge is -2.23. The number of methoxy groups -OCH3 is 1. The maximum atomic E-state index is 10.1. The van der Waals surface area contributed by atoms with Gasteiger partial charge in [0.15, 0.2) is 5.41 Å². The van der Waals surface area contributed by atoms with Crippen molar-refractivity contribution in [1.29, 1.82) is 15.8 Å². The molecular formula is C26H17N3O. The van der Waals surface area contributed by atoms with Crippen LogP contribution >= 0.6 is 0 Å². The molecule has 2 aromatic rings. The molecule has 0 saturated heterocycles. The first kappa shape index (κ1) is 19.0. The molecule has 30 heavy (non-hydrogen) atoms. The summed E-state index contributed by atoms with van der Waals surface area (Å²) in [7, 11) is 1.60. The van der Waals surface area contributed by atoms with Gasteiger partial charge in [-0.05, 0) is 52.1 Å². The summed E-state index contributed by atoms with van der Waals surface area (Å²) in [6, 6.07) is 21.5. The van der Waals surface area contributed by atoms with Gasteiger partial charge in [0.1, 0.15) is 5.75 Å². The number of ether oxygens (including phenoxy) is 1. The standard InChI is InChI=1S/C26H17N3O/c1-30-23-11-8-21(9-12-23)25-14-22-7-6-20(19-4-2-18(15-27)3-5-19)10-13-24(22)26(25,16-28)17-29/h2-14,24H,1H3. The molecule has 142 valence electrons. The van der Waals surface area contributed by atoms with Crippen LogP contribution in [0.1, 0.15) is 16.7 Å². The van der Waals surface area contributed by atoms with Gasteiger partial charge in [0.05, 0.1) is 30.9 Å². The summed E-state index contributed by atoms with van der Waals surface area (Å²) in [5, 5.41) is 29.1.